The van der Waals surface area contributed by atoms with Crippen molar-refractivity contribution in [3.8, 4) is 0 Å². The van der Waals surface area contributed by atoms with Crippen molar-refractivity contribution in [1.82, 2.24) is 15.0 Å². The first-order chi connectivity index (χ1) is 13.0. The summed E-state index contributed by atoms with van der Waals surface area (Å²) in [6.07, 6.45) is 5.33. The molecule has 0 bridgehead atoms. The van der Waals surface area contributed by atoms with Gasteiger partial charge in [0.2, 0.25) is 5.91 Å². The van der Waals surface area contributed by atoms with E-state index < -0.39 is 0 Å². The fourth-order valence-electron chi connectivity index (χ4n) is 4.56. The van der Waals surface area contributed by atoms with Crippen molar-refractivity contribution in [2.75, 3.05) is 32.8 Å². The summed E-state index contributed by atoms with van der Waals surface area (Å²) in [4.78, 5) is 28.5. The number of amides is 2. The molecule has 1 spiro atoms. The fourth-order valence-corrected chi connectivity index (χ4v) is 4.56. The molecule has 27 heavy (non-hydrogen) atoms. The van der Waals surface area contributed by atoms with Gasteiger partial charge in [0, 0.05) is 31.8 Å². The number of carbonyl (C=O) groups excluding carboxylic acids is 2. The molecule has 7 heteroatoms. The Bertz CT molecular complexity index is 713. The first-order valence-corrected chi connectivity index (χ1v) is 10.2. The maximum atomic E-state index is 12.9. The summed E-state index contributed by atoms with van der Waals surface area (Å²) in [7, 11) is 0. The number of carbonyl (C=O) groups is 2. The standard InChI is InChI=1S/C20H29N3O4/c1-3-5-16-18(14(2)21-27-16)19(25)23-12-20(13-23)8-7-15(11-26-20)10-22-9-4-6-17(22)24/h15H,3-13H2,1-2H3/t15-/m0/s1. The van der Waals surface area contributed by atoms with Crippen molar-refractivity contribution in [2.45, 2.75) is 58.0 Å². The molecule has 0 saturated carbocycles. The van der Waals surface area contributed by atoms with Crippen LogP contribution in [0, 0.1) is 12.8 Å². The molecule has 3 aliphatic heterocycles. The van der Waals surface area contributed by atoms with Crippen LogP contribution < -0.4 is 0 Å². The van der Waals surface area contributed by atoms with E-state index in [0.29, 0.717) is 49.1 Å². The average molecular weight is 375 g/mol. The Labute approximate surface area is 160 Å². The number of aromatic nitrogens is 1. The molecule has 4 rings (SSSR count). The highest BCUT2D eigenvalue weighted by Crippen LogP contribution is 2.37. The number of hydrogen-bond donors (Lipinski definition) is 0. The predicted octanol–water partition coefficient (Wildman–Crippen LogP) is 2.18. The molecule has 2 amide bonds. The molecule has 1 aromatic heterocycles. The average Bonchev–Trinajstić information content (AvgIpc) is 3.19. The van der Waals surface area contributed by atoms with Gasteiger partial charge < -0.3 is 19.1 Å². The number of nitrogens with zero attached hydrogens (tertiary/aromatic N) is 3. The van der Waals surface area contributed by atoms with Crippen molar-refractivity contribution in [3.05, 3.63) is 17.0 Å². The van der Waals surface area contributed by atoms with Crippen LogP contribution in [-0.2, 0) is 16.0 Å². The lowest BCUT2D eigenvalue weighted by Gasteiger charge is -2.52. The van der Waals surface area contributed by atoms with Crippen LogP contribution in [0.1, 0.15) is 60.8 Å². The maximum Gasteiger partial charge on any atom is 0.259 e. The Morgan fingerprint density at radius 1 is 1.37 bits per heavy atom. The molecular formula is C20H29N3O4. The van der Waals surface area contributed by atoms with Gasteiger partial charge >= 0.3 is 0 Å². The van der Waals surface area contributed by atoms with Gasteiger partial charge in [0.25, 0.3) is 5.91 Å². The van der Waals surface area contributed by atoms with Crippen LogP contribution in [-0.4, -0.2) is 65.2 Å². The Hall–Kier alpha value is -1.89. The predicted molar refractivity (Wildman–Crippen MR) is 98.4 cm³/mol. The number of ether oxygens (including phenoxy) is 1. The van der Waals surface area contributed by atoms with Crippen molar-refractivity contribution in [3.63, 3.8) is 0 Å². The first-order valence-electron chi connectivity index (χ1n) is 10.2. The third-order valence-corrected chi connectivity index (χ3v) is 6.15. The molecule has 148 valence electrons. The minimum atomic E-state index is -0.197. The second kappa shape index (κ2) is 7.26. The molecule has 1 aromatic rings. The molecule has 4 heterocycles. The Morgan fingerprint density at radius 3 is 2.81 bits per heavy atom. The van der Waals surface area contributed by atoms with Crippen LogP contribution in [0.2, 0.25) is 0 Å². The van der Waals surface area contributed by atoms with Crippen LogP contribution in [0.3, 0.4) is 0 Å². The highest BCUT2D eigenvalue weighted by Gasteiger charge is 2.49. The van der Waals surface area contributed by atoms with Crippen molar-refractivity contribution in [1.29, 1.82) is 0 Å². The molecule has 0 aromatic carbocycles. The minimum Gasteiger partial charge on any atom is -0.371 e. The third-order valence-electron chi connectivity index (χ3n) is 6.15. The van der Waals surface area contributed by atoms with E-state index in [1.54, 1.807) is 0 Å². The van der Waals surface area contributed by atoms with E-state index in [1.807, 2.05) is 16.7 Å². The Morgan fingerprint density at radius 2 is 2.19 bits per heavy atom. The summed E-state index contributed by atoms with van der Waals surface area (Å²) in [5, 5.41) is 3.98. The zero-order valence-electron chi connectivity index (χ0n) is 16.3. The van der Waals surface area contributed by atoms with E-state index >= 15 is 0 Å². The van der Waals surface area contributed by atoms with E-state index in [0.717, 1.165) is 45.2 Å². The molecular weight excluding hydrogens is 346 g/mol. The number of aryl methyl sites for hydroxylation is 2. The summed E-state index contributed by atoms with van der Waals surface area (Å²) in [5.41, 5.74) is 1.11. The molecule has 1 atom stereocenters. The van der Waals surface area contributed by atoms with Gasteiger partial charge in [-0.25, -0.2) is 0 Å². The van der Waals surface area contributed by atoms with Crippen molar-refractivity contribution < 1.29 is 18.8 Å². The fraction of sp³-hybridized carbons (Fsp3) is 0.750. The van der Waals surface area contributed by atoms with Gasteiger partial charge in [-0.15, -0.1) is 0 Å². The zero-order valence-corrected chi connectivity index (χ0v) is 16.3. The molecule has 0 unspecified atom stereocenters. The van der Waals surface area contributed by atoms with E-state index in [4.69, 9.17) is 9.26 Å². The van der Waals surface area contributed by atoms with E-state index in [2.05, 4.69) is 12.1 Å². The molecule has 0 aliphatic carbocycles. The van der Waals surface area contributed by atoms with Crippen LogP contribution >= 0.6 is 0 Å². The smallest absolute Gasteiger partial charge is 0.259 e. The summed E-state index contributed by atoms with van der Waals surface area (Å²) in [5.74, 6) is 1.40. The van der Waals surface area contributed by atoms with Gasteiger partial charge in [0.15, 0.2) is 0 Å². The second-order valence-electron chi connectivity index (χ2n) is 8.32. The Balaban J connectivity index is 1.30. The minimum absolute atomic E-state index is 0.0104. The van der Waals surface area contributed by atoms with E-state index in [-0.39, 0.29) is 17.4 Å². The van der Waals surface area contributed by atoms with Crippen LogP contribution in [0.15, 0.2) is 4.52 Å². The lowest BCUT2D eigenvalue weighted by Crippen LogP contribution is -2.66. The number of rotatable bonds is 5. The highest BCUT2D eigenvalue weighted by atomic mass is 16.5. The van der Waals surface area contributed by atoms with Crippen LogP contribution in [0.25, 0.3) is 0 Å². The quantitative estimate of drug-likeness (QED) is 0.788. The SMILES string of the molecule is CCCc1onc(C)c1C(=O)N1CC2(CC[C@@H](CN3CCCC3=O)CO2)C1. The molecule has 3 aliphatic rings. The number of hydrogen-bond acceptors (Lipinski definition) is 5. The topological polar surface area (TPSA) is 75.9 Å². The summed E-state index contributed by atoms with van der Waals surface area (Å²) in [6.45, 7) is 7.55. The van der Waals surface area contributed by atoms with Crippen LogP contribution in [0.5, 0.6) is 0 Å². The monoisotopic (exact) mass is 375 g/mol. The van der Waals surface area contributed by atoms with Crippen molar-refractivity contribution >= 4 is 11.8 Å². The van der Waals surface area contributed by atoms with Gasteiger partial charge in [-0.05, 0) is 32.6 Å². The molecule has 7 nitrogen and oxygen atoms in total. The normalized spacial score (nSPS) is 24.5. The lowest BCUT2D eigenvalue weighted by molar-refractivity contribution is -0.169. The lowest BCUT2D eigenvalue weighted by atomic mass is 9.82. The van der Waals surface area contributed by atoms with Gasteiger partial charge in [0.1, 0.15) is 16.9 Å². The second-order valence-corrected chi connectivity index (χ2v) is 8.32. The Kier molecular flexibility index (Phi) is 4.97. The molecule has 0 N–H and O–H groups in total. The molecule has 3 fully saturated rings. The van der Waals surface area contributed by atoms with Gasteiger partial charge in [-0.1, -0.05) is 12.1 Å². The first kappa shape index (κ1) is 18.5. The summed E-state index contributed by atoms with van der Waals surface area (Å²) in [6, 6.07) is 0. The van der Waals surface area contributed by atoms with E-state index in [1.165, 1.54) is 0 Å². The third kappa shape index (κ3) is 3.49. The van der Waals surface area contributed by atoms with Crippen molar-refractivity contribution in [2.24, 2.45) is 5.92 Å². The van der Waals surface area contributed by atoms with Gasteiger partial charge in [-0.3, -0.25) is 9.59 Å². The molecule has 3 saturated heterocycles. The maximum absolute atomic E-state index is 12.9. The summed E-state index contributed by atoms with van der Waals surface area (Å²) < 4.78 is 11.5. The van der Waals surface area contributed by atoms with Crippen LogP contribution in [0.4, 0.5) is 0 Å². The van der Waals surface area contributed by atoms with Gasteiger partial charge in [-0.2, -0.15) is 0 Å². The zero-order chi connectivity index (χ0) is 19.0. The highest BCUT2D eigenvalue weighted by molar-refractivity contribution is 5.96. The van der Waals surface area contributed by atoms with Gasteiger partial charge in [0.05, 0.1) is 25.4 Å². The van der Waals surface area contributed by atoms with E-state index in [9.17, 15) is 9.59 Å². The molecule has 0 radical (unpaired) electrons. The largest absolute Gasteiger partial charge is 0.371 e. The summed E-state index contributed by atoms with van der Waals surface area (Å²) >= 11 is 0. The number of likely N-dealkylation sites (tertiary alicyclic amines) is 2.